The Morgan fingerprint density at radius 2 is 0.824 bits per heavy atom. The van der Waals surface area contributed by atoms with E-state index in [1.807, 2.05) is 0 Å². The smallest absolute Gasteiger partial charge is 0.215 e. The van der Waals surface area contributed by atoms with Crippen molar-refractivity contribution in [3.8, 4) is 0 Å². The average Bonchev–Trinajstić information content (AvgIpc) is 1.98. The highest BCUT2D eigenvalue weighted by Gasteiger charge is 2.83. The Balaban J connectivity index is 5.73. The summed E-state index contributed by atoms with van der Waals surface area (Å²) in [5.74, 6) is -6.61. The molecule has 0 aromatic heterocycles. The molecule has 0 N–H and O–H groups in total. The van der Waals surface area contributed by atoms with Crippen molar-refractivity contribution in [3.63, 3.8) is 0 Å². The van der Waals surface area contributed by atoms with Gasteiger partial charge < -0.3 is 0 Å². The summed E-state index contributed by atoms with van der Waals surface area (Å²) in [6.45, 7) is 0. The number of halogens is 12. The molecule has 0 radical (unpaired) electrons. The third-order valence-electron chi connectivity index (χ3n) is 1.50. The fourth-order valence-electron chi connectivity index (χ4n) is 0.553. The molecule has 0 fully saturated rings. The zero-order valence-electron chi connectivity index (χ0n) is 7.04. The zero-order valence-corrected chi connectivity index (χ0v) is 9.30. The molecule has 0 spiro atoms. The molecule has 0 aliphatic heterocycles. The maximum absolute atomic E-state index is 12.9. The number of hydrogen-bond acceptors (Lipinski definition) is 0. The molecule has 0 aromatic carbocycles. The van der Waals surface area contributed by atoms with Crippen LogP contribution in [0, 0.1) is 0 Å². The van der Waals surface area contributed by atoms with Gasteiger partial charge in [-0.15, -0.1) is 0 Å². The predicted octanol–water partition coefficient (Wildman–Crippen LogP) is 4.82. The van der Waals surface area contributed by atoms with Crippen molar-refractivity contribution in [2.24, 2.45) is 0 Å². The molecule has 1 atom stereocenters. The SMILES string of the molecule is FC(F)(F)C(F)(F)C(F)(Cl)C(Cl)(Cl)C(F)(F)F. The fraction of sp³-hybridized carbons (Fsp3) is 1.00. The van der Waals surface area contributed by atoms with E-state index in [1.165, 1.54) is 0 Å². The molecule has 104 valence electrons. The minimum Gasteiger partial charge on any atom is -0.215 e. The van der Waals surface area contributed by atoms with E-state index >= 15 is 0 Å². The van der Waals surface area contributed by atoms with Gasteiger partial charge in [0.15, 0.2) is 0 Å². The lowest BCUT2D eigenvalue weighted by atomic mass is 10.1. The third-order valence-corrected chi connectivity index (χ3v) is 3.16. The van der Waals surface area contributed by atoms with Gasteiger partial charge >= 0.3 is 18.3 Å². The largest absolute Gasteiger partial charge is 0.458 e. The molecule has 0 saturated heterocycles. The second-order valence-corrected chi connectivity index (χ2v) is 4.57. The van der Waals surface area contributed by atoms with Gasteiger partial charge in [-0.2, -0.15) is 35.1 Å². The Bertz CT molecular complexity index is 260. The van der Waals surface area contributed by atoms with E-state index in [1.54, 1.807) is 0 Å². The first-order valence-electron chi connectivity index (χ1n) is 3.27. The van der Waals surface area contributed by atoms with Gasteiger partial charge in [0, 0.05) is 0 Å². The van der Waals surface area contributed by atoms with Crippen LogP contribution >= 0.6 is 34.8 Å². The van der Waals surface area contributed by atoms with Gasteiger partial charge in [0.1, 0.15) is 0 Å². The van der Waals surface area contributed by atoms with E-state index in [9.17, 15) is 39.5 Å². The zero-order chi connectivity index (χ0) is 14.5. The molecule has 17 heavy (non-hydrogen) atoms. The van der Waals surface area contributed by atoms with E-state index in [0.717, 1.165) is 0 Å². The van der Waals surface area contributed by atoms with Crippen LogP contribution in [0.3, 0.4) is 0 Å². The van der Waals surface area contributed by atoms with Crippen molar-refractivity contribution in [2.45, 2.75) is 27.7 Å². The van der Waals surface area contributed by atoms with Crippen LogP contribution in [0.2, 0.25) is 0 Å². The van der Waals surface area contributed by atoms with E-state index < -0.39 is 27.7 Å². The molecular formula is C5Cl3F9. The summed E-state index contributed by atoms with van der Waals surface area (Å²) in [6, 6.07) is 0. The highest BCUT2D eigenvalue weighted by molar-refractivity contribution is 6.54. The van der Waals surface area contributed by atoms with Crippen molar-refractivity contribution in [2.75, 3.05) is 0 Å². The van der Waals surface area contributed by atoms with Gasteiger partial charge in [0.2, 0.25) is 0 Å². The van der Waals surface area contributed by atoms with Crippen LogP contribution in [0.5, 0.6) is 0 Å². The maximum Gasteiger partial charge on any atom is 0.458 e. The van der Waals surface area contributed by atoms with Crippen LogP contribution < -0.4 is 0 Å². The van der Waals surface area contributed by atoms with Crippen molar-refractivity contribution in [1.82, 2.24) is 0 Å². The molecule has 0 rings (SSSR count). The second kappa shape index (κ2) is 4.12. The molecule has 0 heterocycles. The monoisotopic (exact) mass is 336 g/mol. The van der Waals surface area contributed by atoms with Crippen LogP contribution in [-0.4, -0.2) is 27.7 Å². The summed E-state index contributed by atoms with van der Waals surface area (Å²) >= 11 is 12.3. The lowest BCUT2D eigenvalue weighted by Crippen LogP contribution is -2.63. The van der Waals surface area contributed by atoms with Gasteiger partial charge in [0.25, 0.3) is 9.46 Å². The topological polar surface area (TPSA) is 0 Å². The quantitative estimate of drug-likeness (QED) is 0.500. The van der Waals surface area contributed by atoms with Crippen molar-refractivity contribution in [3.05, 3.63) is 0 Å². The minimum atomic E-state index is -6.70. The molecule has 0 saturated carbocycles. The molecule has 0 aliphatic carbocycles. The second-order valence-electron chi connectivity index (χ2n) is 2.72. The molecular weight excluding hydrogens is 337 g/mol. The van der Waals surface area contributed by atoms with E-state index in [2.05, 4.69) is 34.8 Å². The lowest BCUT2D eigenvalue weighted by Gasteiger charge is -2.38. The molecule has 0 amide bonds. The summed E-state index contributed by atoms with van der Waals surface area (Å²) < 4.78 is 104. The Labute approximate surface area is 103 Å². The molecule has 12 heteroatoms. The Hall–Kier alpha value is 0.240. The summed E-state index contributed by atoms with van der Waals surface area (Å²) in [4.78, 5) is 0. The van der Waals surface area contributed by atoms with Crippen molar-refractivity contribution >= 4 is 34.8 Å². The standard InChI is InChI=1S/C5Cl3F9/c6-1(7,4(12,13)14)2(8,9)3(10,11)5(15,16)17. The van der Waals surface area contributed by atoms with Gasteiger partial charge in [0.05, 0.1) is 0 Å². The first-order valence-corrected chi connectivity index (χ1v) is 4.40. The van der Waals surface area contributed by atoms with Gasteiger partial charge in [-0.25, -0.2) is 4.39 Å². The number of hydrogen-bond donors (Lipinski definition) is 0. The fourth-order valence-corrected chi connectivity index (χ4v) is 1.00. The third kappa shape index (κ3) is 2.51. The minimum absolute atomic E-state index is 3.97. The van der Waals surface area contributed by atoms with Crippen LogP contribution in [0.15, 0.2) is 0 Å². The number of rotatable bonds is 2. The molecule has 0 bridgehead atoms. The molecule has 0 aliphatic rings. The molecule has 0 nitrogen and oxygen atoms in total. The van der Waals surface area contributed by atoms with E-state index in [-0.39, 0.29) is 0 Å². The van der Waals surface area contributed by atoms with Crippen molar-refractivity contribution < 1.29 is 39.5 Å². The summed E-state index contributed by atoms with van der Waals surface area (Å²) in [6.07, 6.45) is -12.9. The highest BCUT2D eigenvalue weighted by Crippen LogP contribution is 2.60. The van der Waals surface area contributed by atoms with Crippen LogP contribution in [-0.2, 0) is 0 Å². The predicted molar refractivity (Wildman–Crippen MR) is 41.2 cm³/mol. The normalized spacial score (nSPS) is 19.1. The summed E-state index contributed by atoms with van der Waals surface area (Å²) in [5, 5.41) is -5.82. The van der Waals surface area contributed by atoms with Crippen LogP contribution in [0.4, 0.5) is 39.5 Å². The average molecular weight is 337 g/mol. The Kier molecular flexibility index (Phi) is 4.18. The maximum atomic E-state index is 12.9. The number of alkyl halides is 12. The first-order chi connectivity index (χ1) is 7.00. The highest BCUT2D eigenvalue weighted by atomic mass is 35.5. The summed E-state index contributed by atoms with van der Waals surface area (Å²) in [7, 11) is 0. The Morgan fingerprint density at radius 3 is 1.00 bits per heavy atom. The molecule has 0 aromatic rings. The molecule has 1 unspecified atom stereocenters. The van der Waals surface area contributed by atoms with E-state index in [0.29, 0.717) is 0 Å². The lowest BCUT2D eigenvalue weighted by molar-refractivity contribution is -0.324. The van der Waals surface area contributed by atoms with Gasteiger partial charge in [-0.3, -0.25) is 0 Å². The van der Waals surface area contributed by atoms with E-state index in [4.69, 9.17) is 0 Å². The van der Waals surface area contributed by atoms with Crippen LogP contribution in [0.25, 0.3) is 0 Å². The summed E-state index contributed by atoms with van der Waals surface area (Å²) in [5.41, 5.74) is 0. The first kappa shape index (κ1) is 17.2. The van der Waals surface area contributed by atoms with Gasteiger partial charge in [-0.1, -0.05) is 34.8 Å². The van der Waals surface area contributed by atoms with Crippen molar-refractivity contribution in [1.29, 1.82) is 0 Å². The Morgan fingerprint density at radius 1 is 0.529 bits per heavy atom. The van der Waals surface area contributed by atoms with Crippen LogP contribution in [0.1, 0.15) is 0 Å². The van der Waals surface area contributed by atoms with Gasteiger partial charge in [-0.05, 0) is 0 Å².